The van der Waals surface area contributed by atoms with Gasteiger partial charge in [0, 0.05) is 5.02 Å². The number of anilines is 2. The molecule has 4 rings (SSSR count). The smallest absolute Gasteiger partial charge is 0.263 e. The van der Waals surface area contributed by atoms with Crippen LogP contribution in [0.4, 0.5) is 11.4 Å². The van der Waals surface area contributed by atoms with E-state index in [9.17, 15) is 9.59 Å². The predicted molar refractivity (Wildman–Crippen MR) is 90.0 cm³/mol. The Morgan fingerprint density at radius 3 is 2.50 bits per heavy atom. The molecule has 0 aliphatic carbocycles. The molecule has 0 radical (unpaired) electrons. The fraction of sp³-hybridized carbons (Fsp3) is 0.176. The van der Waals surface area contributed by atoms with E-state index in [1.165, 1.54) is 5.01 Å². The lowest BCUT2D eigenvalue weighted by atomic mass is 10.1. The van der Waals surface area contributed by atoms with E-state index in [1.807, 2.05) is 31.2 Å². The van der Waals surface area contributed by atoms with Crippen LogP contribution in [0.1, 0.15) is 5.56 Å². The Bertz CT molecular complexity index is 882. The number of fused-ring (bicyclic) bond motifs is 1. The highest BCUT2D eigenvalue weighted by atomic mass is 35.5. The average Bonchev–Trinajstić information content (AvgIpc) is 3.08. The zero-order valence-electron chi connectivity index (χ0n) is 12.8. The molecule has 7 heteroatoms. The number of carbonyl (C=O) groups is 2. The van der Waals surface area contributed by atoms with E-state index in [1.54, 1.807) is 24.3 Å². The van der Waals surface area contributed by atoms with Gasteiger partial charge in [-0.25, -0.2) is 9.91 Å². The molecule has 2 amide bonds. The highest BCUT2D eigenvalue weighted by molar-refractivity contribution is 6.31. The molecule has 120 valence electrons. The van der Waals surface area contributed by atoms with Gasteiger partial charge in [-0.1, -0.05) is 35.0 Å². The van der Waals surface area contributed by atoms with Crippen LogP contribution >= 0.6 is 11.6 Å². The number of halogens is 1. The first-order valence-electron chi connectivity index (χ1n) is 7.46. The molecule has 6 nitrogen and oxygen atoms in total. The number of nitrogens with zero attached hydrogens (tertiary/aromatic N) is 4. The van der Waals surface area contributed by atoms with Crippen molar-refractivity contribution >= 4 is 34.8 Å². The quantitative estimate of drug-likeness (QED) is 0.789. The van der Waals surface area contributed by atoms with E-state index in [0.717, 1.165) is 16.2 Å². The van der Waals surface area contributed by atoms with E-state index < -0.39 is 12.1 Å². The maximum atomic E-state index is 12.9. The molecule has 0 N–H and O–H groups in total. The zero-order chi connectivity index (χ0) is 16.8. The van der Waals surface area contributed by atoms with Crippen molar-refractivity contribution in [3.05, 3.63) is 59.1 Å². The fourth-order valence-corrected chi connectivity index (χ4v) is 3.20. The predicted octanol–water partition coefficient (Wildman–Crippen LogP) is 3.15. The van der Waals surface area contributed by atoms with Gasteiger partial charge < -0.3 is 0 Å². The third kappa shape index (κ3) is 2.18. The number of aryl methyl sites for hydroxylation is 1. The van der Waals surface area contributed by atoms with Crippen LogP contribution in [0.3, 0.4) is 0 Å². The maximum Gasteiger partial charge on any atom is 0.263 e. The van der Waals surface area contributed by atoms with Crippen molar-refractivity contribution in [2.24, 2.45) is 10.3 Å². The zero-order valence-corrected chi connectivity index (χ0v) is 13.5. The normalized spacial score (nSPS) is 22.4. The van der Waals surface area contributed by atoms with Gasteiger partial charge in [0.25, 0.3) is 11.8 Å². The van der Waals surface area contributed by atoms with Crippen molar-refractivity contribution < 1.29 is 9.59 Å². The van der Waals surface area contributed by atoms with Crippen LogP contribution in [0.5, 0.6) is 0 Å². The van der Waals surface area contributed by atoms with Gasteiger partial charge >= 0.3 is 0 Å². The Labute approximate surface area is 143 Å². The van der Waals surface area contributed by atoms with Gasteiger partial charge in [-0.15, -0.1) is 0 Å². The minimum atomic E-state index is -0.822. The number of rotatable bonds is 2. The van der Waals surface area contributed by atoms with Crippen molar-refractivity contribution in [1.29, 1.82) is 0 Å². The van der Waals surface area contributed by atoms with Crippen molar-refractivity contribution in [3.8, 4) is 0 Å². The fourth-order valence-electron chi connectivity index (χ4n) is 3.01. The summed E-state index contributed by atoms with van der Waals surface area (Å²) in [5.74, 6) is -0.732. The number of benzene rings is 2. The van der Waals surface area contributed by atoms with E-state index in [2.05, 4.69) is 10.3 Å². The Hall–Kier alpha value is -2.73. The van der Waals surface area contributed by atoms with Crippen LogP contribution in [0, 0.1) is 6.92 Å². The summed E-state index contributed by atoms with van der Waals surface area (Å²) in [6.45, 7) is 1.95. The molecule has 2 aromatic carbocycles. The topological polar surface area (TPSA) is 65.3 Å². The second kappa shape index (κ2) is 5.42. The molecule has 0 unspecified atom stereocenters. The van der Waals surface area contributed by atoms with Crippen LogP contribution in [-0.2, 0) is 9.59 Å². The van der Waals surface area contributed by atoms with Crippen molar-refractivity contribution in [1.82, 2.24) is 0 Å². The Kier molecular flexibility index (Phi) is 3.35. The third-order valence-electron chi connectivity index (χ3n) is 4.11. The van der Waals surface area contributed by atoms with Crippen molar-refractivity contribution in [2.75, 3.05) is 9.91 Å². The standard InChI is InChI=1S/C17H13ClN4O2/c1-10-4-2-7-13(8-10)22-15-14(19-20-22)16(23)21(17(15)24)12-6-3-5-11(18)9-12/h2-9,14-15H,1H3/t14-,15-/m1/s1. The molecule has 2 aliphatic rings. The molecular weight excluding hydrogens is 328 g/mol. The third-order valence-corrected chi connectivity index (χ3v) is 4.35. The SMILES string of the molecule is Cc1cccc(N2N=N[C@H]3C(=O)N(c4cccc(Cl)c4)C(=O)[C@@H]32)c1. The van der Waals surface area contributed by atoms with Crippen LogP contribution in [0.15, 0.2) is 58.9 Å². The number of hydrogen-bond donors (Lipinski definition) is 0. The number of amides is 2. The molecule has 0 aromatic heterocycles. The Morgan fingerprint density at radius 2 is 1.75 bits per heavy atom. The molecule has 2 heterocycles. The average molecular weight is 341 g/mol. The summed E-state index contributed by atoms with van der Waals surface area (Å²) in [6, 6.07) is 12.7. The van der Waals surface area contributed by atoms with Gasteiger partial charge in [-0.05, 0) is 42.8 Å². The highest BCUT2D eigenvalue weighted by Gasteiger charge is 2.55. The van der Waals surface area contributed by atoms with Gasteiger partial charge in [0.05, 0.1) is 11.4 Å². The second-order valence-corrected chi connectivity index (χ2v) is 6.21. The maximum absolute atomic E-state index is 12.9. The van der Waals surface area contributed by atoms with Crippen molar-refractivity contribution in [3.63, 3.8) is 0 Å². The summed E-state index contributed by atoms with van der Waals surface area (Å²) in [7, 11) is 0. The van der Waals surface area contributed by atoms with Gasteiger partial charge in [-0.3, -0.25) is 9.59 Å². The van der Waals surface area contributed by atoms with Gasteiger partial charge in [-0.2, -0.15) is 5.11 Å². The summed E-state index contributed by atoms with van der Waals surface area (Å²) in [5, 5.41) is 10.0. The first kappa shape index (κ1) is 14.8. The Morgan fingerprint density at radius 1 is 1.00 bits per heavy atom. The van der Waals surface area contributed by atoms with Crippen LogP contribution in [-0.4, -0.2) is 23.9 Å². The lowest BCUT2D eigenvalue weighted by molar-refractivity contribution is -0.121. The first-order valence-corrected chi connectivity index (χ1v) is 7.84. The van der Waals surface area contributed by atoms with Crippen LogP contribution in [0.25, 0.3) is 0 Å². The molecule has 24 heavy (non-hydrogen) atoms. The molecule has 1 fully saturated rings. The van der Waals surface area contributed by atoms with Gasteiger partial charge in [0.2, 0.25) is 0 Å². The van der Waals surface area contributed by atoms with Gasteiger partial charge in [0.15, 0.2) is 12.1 Å². The molecule has 0 bridgehead atoms. The molecule has 2 atom stereocenters. The number of imide groups is 1. The Balaban J connectivity index is 1.72. The van der Waals surface area contributed by atoms with Crippen LogP contribution in [0.2, 0.25) is 5.02 Å². The van der Waals surface area contributed by atoms with E-state index in [-0.39, 0.29) is 11.8 Å². The number of hydrogen-bond acceptors (Lipinski definition) is 5. The lowest BCUT2D eigenvalue weighted by Crippen LogP contribution is -2.39. The summed E-state index contributed by atoms with van der Waals surface area (Å²) >= 11 is 5.98. The monoisotopic (exact) mass is 340 g/mol. The second-order valence-electron chi connectivity index (χ2n) is 5.77. The summed E-state index contributed by atoms with van der Waals surface area (Å²) in [5.41, 5.74) is 2.22. The largest absolute Gasteiger partial charge is 0.271 e. The van der Waals surface area contributed by atoms with E-state index in [4.69, 9.17) is 11.6 Å². The number of carbonyl (C=O) groups excluding carboxylic acids is 2. The molecule has 0 spiro atoms. The molecule has 2 aromatic rings. The van der Waals surface area contributed by atoms with Crippen molar-refractivity contribution in [2.45, 2.75) is 19.0 Å². The molecule has 0 saturated carbocycles. The summed E-state index contributed by atoms with van der Waals surface area (Å²) in [4.78, 5) is 26.7. The van der Waals surface area contributed by atoms with Gasteiger partial charge in [0.1, 0.15) is 0 Å². The minimum Gasteiger partial charge on any atom is -0.271 e. The van der Waals surface area contributed by atoms with Crippen LogP contribution < -0.4 is 9.91 Å². The molecular formula is C17H13ClN4O2. The minimum absolute atomic E-state index is 0.348. The van der Waals surface area contributed by atoms with E-state index in [0.29, 0.717) is 10.7 Å². The molecule has 1 saturated heterocycles. The summed E-state index contributed by atoms with van der Waals surface area (Å²) in [6.07, 6.45) is 0. The lowest BCUT2D eigenvalue weighted by Gasteiger charge is -2.21. The highest BCUT2D eigenvalue weighted by Crippen LogP contribution is 2.35. The summed E-state index contributed by atoms with van der Waals surface area (Å²) < 4.78 is 0. The first-order chi connectivity index (χ1) is 11.6. The molecule has 2 aliphatic heterocycles. The van der Waals surface area contributed by atoms with E-state index >= 15 is 0 Å².